The molecule has 34 heavy (non-hydrogen) atoms. The van der Waals surface area contributed by atoms with E-state index in [1.807, 2.05) is 0 Å². The Morgan fingerprint density at radius 3 is 2.74 bits per heavy atom. The molecule has 3 N–H and O–H groups in total. The Labute approximate surface area is 203 Å². The standard InChI is InChI=1S/C21H22ClFN4O6S/c1-2-33-21(31)26-15(10-24-20(30)16-5-6-17(22)34-16)19(29)25-14-4-3-12(9-13(14)23)27-7-8-32-11-18(27)28/h3-6,9,15H,2,7-8,10-11H2,1H3,(H,24,30)(H,25,29)(H,26,31)/t15-/m1/s1. The number of hydrogen-bond acceptors (Lipinski definition) is 7. The summed E-state index contributed by atoms with van der Waals surface area (Å²) in [7, 11) is 0. The topological polar surface area (TPSA) is 126 Å². The fourth-order valence-electron chi connectivity index (χ4n) is 3.03. The monoisotopic (exact) mass is 512 g/mol. The normalized spacial score (nSPS) is 14.3. The summed E-state index contributed by atoms with van der Waals surface area (Å²) in [6.45, 7) is 1.89. The number of halogens is 2. The van der Waals surface area contributed by atoms with E-state index in [1.165, 1.54) is 23.1 Å². The van der Waals surface area contributed by atoms with Crippen LogP contribution in [0.15, 0.2) is 30.3 Å². The van der Waals surface area contributed by atoms with Gasteiger partial charge in [-0.3, -0.25) is 14.4 Å². The number of rotatable bonds is 8. The Morgan fingerprint density at radius 2 is 2.09 bits per heavy atom. The van der Waals surface area contributed by atoms with Crippen LogP contribution in [-0.2, 0) is 19.1 Å². The molecule has 1 aliphatic heterocycles. The predicted molar refractivity (Wildman–Crippen MR) is 124 cm³/mol. The molecular formula is C21H22ClFN4O6S. The molecule has 0 aliphatic carbocycles. The van der Waals surface area contributed by atoms with E-state index in [4.69, 9.17) is 21.1 Å². The lowest BCUT2D eigenvalue weighted by Gasteiger charge is -2.27. The van der Waals surface area contributed by atoms with E-state index in [9.17, 15) is 23.6 Å². The molecule has 4 amide bonds. The summed E-state index contributed by atoms with van der Waals surface area (Å²) < 4.78 is 25.0. The van der Waals surface area contributed by atoms with Gasteiger partial charge in [-0.1, -0.05) is 11.6 Å². The summed E-state index contributed by atoms with van der Waals surface area (Å²) in [4.78, 5) is 50.6. The predicted octanol–water partition coefficient (Wildman–Crippen LogP) is 2.39. The lowest BCUT2D eigenvalue weighted by molar-refractivity contribution is -0.125. The van der Waals surface area contributed by atoms with Crippen molar-refractivity contribution in [1.82, 2.24) is 10.6 Å². The molecule has 3 rings (SSSR count). The molecule has 0 spiro atoms. The van der Waals surface area contributed by atoms with E-state index in [2.05, 4.69) is 16.0 Å². The Kier molecular flexibility index (Phi) is 8.79. The van der Waals surface area contributed by atoms with Crippen LogP contribution in [0.3, 0.4) is 0 Å². The van der Waals surface area contributed by atoms with Gasteiger partial charge in [0.15, 0.2) is 0 Å². The molecule has 182 valence electrons. The number of carbonyl (C=O) groups excluding carboxylic acids is 4. The van der Waals surface area contributed by atoms with Crippen molar-refractivity contribution in [3.05, 3.63) is 45.4 Å². The molecule has 2 aromatic rings. The molecule has 1 aliphatic rings. The van der Waals surface area contributed by atoms with Gasteiger partial charge in [0, 0.05) is 18.8 Å². The number of anilines is 2. The van der Waals surface area contributed by atoms with Gasteiger partial charge in [-0.15, -0.1) is 11.3 Å². The summed E-state index contributed by atoms with van der Waals surface area (Å²) in [6.07, 6.45) is -0.877. The number of hydrogen-bond donors (Lipinski definition) is 3. The molecule has 1 aromatic heterocycles. The number of ether oxygens (including phenoxy) is 2. The van der Waals surface area contributed by atoms with Crippen molar-refractivity contribution >= 4 is 58.1 Å². The Morgan fingerprint density at radius 1 is 1.29 bits per heavy atom. The zero-order chi connectivity index (χ0) is 24.7. The highest BCUT2D eigenvalue weighted by atomic mass is 35.5. The average molecular weight is 513 g/mol. The van der Waals surface area contributed by atoms with Crippen molar-refractivity contribution in [1.29, 1.82) is 0 Å². The van der Waals surface area contributed by atoms with Gasteiger partial charge in [0.05, 0.1) is 28.1 Å². The van der Waals surface area contributed by atoms with Gasteiger partial charge in [-0.05, 0) is 37.3 Å². The van der Waals surface area contributed by atoms with Crippen LogP contribution in [0.2, 0.25) is 4.34 Å². The summed E-state index contributed by atoms with van der Waals surface area (Å²) >= 11 is 6.88. The molecule has 1 atom stereocenters. The first-order valence-corrected chi connectivity index (χ1v) is 11.4. The zero-order valence-corrected chi connectivity index (χ0v) is 19.6. The van der Waals surface area contributed by atoms with Crippen LogP contribution in [0.25, 0.3) is 0 Å². The average Bonchev–Trinajstić information content (AvgIpc) is 3.24. The summed E-state index contributed by atoms with van der Waals surface area (Å²) in [5.41, 5.74) is 0.161. The number of thiophene rings is 1. The highest BCUT2D eigenvalue weighted by Gasteiger charge is 2.25. The second-order valence-corrected chi connectivity index (χ2v) is 8.70. The van der Waals surface area contributed by atoms with Crippen molar-refractivity contribution in [3.63, 3.8) is 0 Å². The minimum Gasteiger partial charge on any atom is -0.450 e. The lowest BCUT2D eigenvalue weighted by atomic mass is 10.2. The van der Waals surface area contributed by atoms with Crippen LogP contribution < -0.4 is 20.9 Å². The van der Waals surface area contributed by atoms with Gasteiger partial charge in [0.2, 0.25) is 5.91 Å². The maximum absolute atomic E-state index is 14.7. The smallest absolute Gasteiger partial charge is 0.407 e. The van der Waals surface area contributed by atoms with Crippen molar-refractivity contribution in [2.45, 2.75) is 13.0 Å². The first-order chi connectivity index (χ1) is 16.3. The van der Waals surface area contributed by atoms with E-state index in [1.54, 1.807) is 13.0 Å². The van der Waals surface area contributed by atoms with Crippen LogP contribution in [0.5, 0.6) is 0 Å². The fraction of sp³-hybridized carbons (Fsp3) is 0.333. The number of benzene rings is 1. The van der Waals surface area contributed by atoms with Crippen LogP contribution >= 0.6 is 22.9 Å². The fourth-order valence-corrected chi connectivity index (χ4v) is 3.99. The molecule has 1 saturated heterocycles. The largest absolute Gasteiger partial charge is 0.450 e. The summed E-state index contributed by atoms with van der Waals surface area (Å²) in [5, 5.41) is 7.25. The minimum atomic E-state index is -1.27. The molecule has 2 heterocycles. The number of nitrogens with zero attached hydrogens (tertiary/aromatic N) is 1. The number of amides is 4. The number of morpholine rings is 1. The van der Waals surface area contributed by atoms with Crippen molar-refractivity contribution in [2.24, 2.45) is 0 Å². The van der Waals surface area contributed by atoms with Gasteiger partial charge in [0.25, 0.3) is 11.8 Å². The van der Waals surface area contributed by atoms with Crippen LogP contribution in [0.4, 0.5) is 20.6 Å². The van der Waals surface area contributed by atoms with Crippen molar-refractivity contribution < 1.29 is 33.0 Å². The number of nitrogens with one attached hydrogen (secondary N) is 3. The quantitative estimate of drug-likeness (QED) is 0.498. The van der Waals surface area contributed by atoms with E-state index in [0.717, 1.165) is 17.4 Å². The molecule has 0 saturated carbocycles. The van der Waals surface area contributed by atoms with Gasteiger partial charge < -0.3 is 30.3 Å². The van der Waals surface area contributed by atoms with Gasteiger partial charge in [-0.2, -0.15) is 0 Å². The van der Waals surface area contributed by atoms with Crippen LogP contribution in [0, 0.1) is 5.82 Å². The van der Waals surface area contributed by atoms with E-state index in [0.29, 0.717) is 21.5 Å². The number of alkyl carbamates (subject to hydrolysis) is 1. The SMILES string of the molecule is CCOC(=O)N[C@H](CNC(=O)c1ccc(Cl)s1)C(=O)Nc1ccc(N2CCOCC2=O)cc1F. The van der Waals surface area contributed by atoms with E-state index < -0.39 is 29.8 Å². The van der Waals surface area contributed by atoms with Gasteiger partial charge in [0.1, 0.15) is 18.5 Å². The molecule has 0 bridgehead atoms. The first kappa shape index (κ1) is 25.4. The first-order valence-electron chi connectivity index (χ1n) is 10.2. The van der Waals surface area contributed by atoms with Gasteiger partial charge in [-0.25, -0.2) is 9.18 Å². The minimum absolute atomic E-state index is 0.0660. The third-order valence-corrected chi connectivity index (χ3v) is 5.89. The van der Waals surface area contributed by atoms with Crippen LogP contribution in [-0.4, -0.2) is 62.8 Å². The molecule has 0 radical (unpaired) electrons. The molecule has 13 heteroatoms. The highest BCUT2D eigenvalue weighted by molar-refractivity contribution is 7.18. The molecule has 0 unspecified atom stereocenters. The second-order valence-electron chi connectivity index (χ2n) is 6.98. The summed E-state index contributed by atoms with van der Waals surface area (Å²) in [6, 6.07) is 5.72. The molecule has 10 nitrogen and oxygen atoms in total. The highest BCUT2D eigenvalue weighted by Crippen LogP contribution is 2.24. The van der Waals surface area contributed by atoms with Crippen molar-refractivity contribution in [2.75, 3.05) is 43.1 Å². The Hall–Kier alpha value is -3.22. The van der Waals surface area contributed by atoms with Gasteiger partial charge >= 0.3 is 6.09 Å². The van der Waals surface area contributed by atoms with E-state index >= 15 is 0 Å². The summed E-state index contributed by atoms with van der Waals surface area (Å²) in [5.74, 6) is -2.36. The maximum Gasteiger partial charge on any atom is 0.407 e. The Balaban J connectivity index is 1.69. The third-order valence-electron chi connectivity index (χ3n) is 4.66. The second kappa shape index (κ2) is 11.8. The Bertz CT molecular complexity index is 1080. The number of carbonyl (C=O) groups is 4. The molecule has 1 aromatic carbocycles. The third kappa shape index (κ3) is 6.65. The zero-order valence-electron chi connectivity index (χ0n) is 18.1. The maximum atomic E-state index is 14.7. The van der Waals surface area contributed by atoms with Crippen molar-refractivity contribution in [3.8, 4) is 0 Å². The molecule has 1 fully saturated rings. The lowest BCUT2D eigenvalue weighted by Crippen LogP contribution is -2.50. The van der Waals surface area contributed by atoms with Crippen LogP contribution in [0.1, 0.15) is 16.6 Å². The van der Waals surface area contributed by atoms with E-state index in [-0.39, 0.29) is 37.9 Å². The molecular weight excluding hydrogens is 491 g/mol.